The number of nitrogens with zero attached hydrogens (tertiary/aromatic N) is 2. The summed E-state index contributed by atoms with van der Waals surface area (Å²) in [7, 11) is -2.38. The molecule has 1 aromatic heterocycles. The van der Waals surface area contributed by atoms with Crippen LogP contribution in [0.2, 0.25) is 0 Å². The van der Waals surface area contributed by atoms with Gasteiger partial charge in [0.1, 0.15) is 5.82 Å². The van der Waals surface area contributed by atoms with E-state index in [2.05, 4.69) is 32.1 Å². The Kier molecular flexibility index (Phi) is 6.39. The Morgan fingerprint density at radius 2 is 1.79 bits per heavy atom. The summed E-state index contributed by atoms with van der Waals surface area (Å²) in [5.74, 6) is -0.715. The lowest BCUT2D eigenvalue weighted by molar-refractivity contribution is 0.389. The highest BCUT2D eigenvalue weighted by Crippen LogP contribution is 2.37. The fourth-order valence-corrected chi connectivity index (χ4v) is 4.44. The monoisotopic (exact) mass is 471 g/mol. The Morgan fingerprint density at radius 3 is 2.42 bits per heavy atom. The van der Waals surface area contributed by atoms with Crippen LogP contribution in [0, 0.1) is 5.82 Å². The van der Waals surface area contributed by atoms with E-state index in [1.807, 2.05) is 18.2 Å². The number of benzene rings is 2. The average molecular weight is 472 g/mol. The molecule has 0 amide bonds. The number of hydrogen-bond donors (Lipinski definition) is 3. The van der Waals surface area contributed by atoms with Crippen molar-refractivity contribution in [1.29, 1.82) is 0 Å². The maximum Gasteiger partial charge on any atom is 0.229 e. The van der Waals surface area contributed by atoms with Crippen molar-refractivity contribution in [3.63, 3.8) is 0 Å². The summed E-state index contributed by atoms with van der Waals surface area (Å²) in [6, 6.07) is 12.7. The molecular formula is C23H26FN5O3S. The molecular weight excluding hydrogens is 445 g/mol. The first-order valence-electron chi connectivity index (χ1n) is 10.4. The van der Waals surface area contributed by atoms with Crippen LogP contribution in [0.1, 0.15) is 0 Å². The van der Waals surface area contributed by atoms with Crippen LogP contribution < -0.4 is 25.4 Å². The van der Waals surface area contributed by atoms with Crippen LogP contribution in [-0.4, -0.2) is 52.9 Å². The van der Waals surface area contributed by atoms with Gasteiger partial charge in [-0.15, -0.1) is 0 Å². The van der Waals surface area contributed by atoms with Gasteiger partial charge in [-0.05, 0) is 41.5 Å². The van der Waals surface area contributed by atoms with Crippen molar-refractivity contribution in [3.8, 4) is 28.0 Å². The zero-order valence-corrected chi connectivity index (χ0v) is 19.2. The third kappa shape index (κ3) is 5.18. The summed E-state index contributed by atoms with van der Waals surface area (Å²) < 4.78 is 45.5. The molecule has 3 aromatic rings. The Hall–Kier alpha value is -3.37. The number of nitrogens with one attached hydrogen (secondary N) is 2. The number of ether oxygens (including phenoxy) is 1. The summed E-state index contributed by atoms with van der Waals surface area (Å²) in [4.78, 5) is 6.61. The van der Waals surface area contributed by atoms with E-state index in [4.69, 9.17) is 10.5 Å². The van der Waals surface area contributed by atoms with E-state index in [1.165, 1.54) is 19.2 Å². The smallest absolute Gasteiger partial charge is 0.229 e. The molecule has 1 saturated heterocycles. The Balaban J connectivity index is 1.70. The summed E-state index contributed by atoms with van der Waals surface area (Å²) in [5, 5.41) is 3.34. The molecule has 0 saturated carbocycles. The molecule has 4 N–H and O–H groups in total. The third-order valence-electron chi connectivity index (χ3n) is 5.46. The van der Waals surface area contributed by atoms with Gasteiger partial charge in [0.25, 0.3) is 0 Å². The number of aromatic nitrogens is 1. The highest BCUT2D eigenvalue weighted by atomic mass is 32.2. The second kappa shape index (κ2) is 9.24. The molecule has 0 radical (unpaired) electrons. The Labute approximate surface area is 192 Å². The zero-order chi connectivity index (χ0) is 23.6. The third-order valence-corrected chi connectivity index (χ3v) is 6.05. The van der Waals surface area contributed by atoms with E-state index >= 15 is 0 Å². The number of rotatable bonds is 6. The average Bonchev–Trinajstić information content (AvgIpc) is 2.79. The van der Waals surface area contributed by atoms with Gasteiger partial charge in [-0.1, -0.05) is 12.1 Å². The van der Waals surface area contributed by atoms with Gasteiger partial charge in [0.2, 0.25) is 10.0 Å². The lowest BCUT2D eigenvalue weighted by Gasteiger charge is -2.29. The Morgan fingerprint density at radius 1 is 1.09 bits per heavy atom. The fourth-order valence-electron chi connectivity index (χ4n) is 3.88. The maximum atomic E-state index is 14.7. The van der Waals surface area contributed by atoms with Crippen molar-refractivity contribution < 1.29 is 17.5 Å². The number of sulfonamides is 1. The van der Waals surface area contributed by atoms with Gasteiger partial charge in [-0.2, -0.15) is 0 Å². The molecule has 0 unspecified atom stereocenters. The second-order valence-electron chi connectivity index (χ2n) is 7.85. The minimum absolute atomic E-state index is 0.0137. The van der Waals surface area contributed by atoms with E-state index in [-0.39, 0.29) is 17.3 Å². The lowest BCUT2D eigenvalue weighted by Crippen LogP contribution is -2.43. The number of piperazine rings is 1. The van der Waals surface area contributed by atoms with E-state index in [0.29, 0.717) is 11.1 Å². The van der Waals surface area contributed by atoms with E-state index in [1.54, 1.807) is 6.20 Å². The first kappa shape index (κ1) is 22.8. The van der Waals surface area contributed by atoms with Gasteiger partial charge in [-0.25, -0.2) is 17.8 Å². The van der Waals surface area contributed by atoms with Gasteiger partial charge in [0, 0.05) is 49.2 Å². The molecule has 8 nitrogen and oxygen atoms in total. The molecule has 0 aliphatic carbocycles. The molecule has 1 aliphatic rings. The zero-order valence-electron chi connectivity index (χ0n) is 18.4. The molecule has 2 aromatic carbocycles. The number of pyridine rings is 1. The predicted octanol–water partition coefficient (Wildman–Crippen LogP) is 2.93. The standard InChI is InChI=1S/C23H26FN5O3S/c1-32-22-20(24)12-16(13-21(22)28-33(2,30)31)19-11-17(14-27-23(19)25)15-3-5-18(6-4-15)29-9-7-26-8-10-29/h3-6,11-14,26,28H,7-10H2,1-2H3,(H2,25,27). The summed E-state index contributed by atoms with van der Waals surface area (Å²) >= 11 is 0. The molecule has 174 valence electrons. The highest BCUT2D eigenvalue weighted by molar-refractivity contribution is 7.92. The van der Waals surface area contributed by atoms with Crippen molar-refractivity contribution in [2.75, 3.05) is 54.9 Å². The number of nitrogens with two attached hydrogens (primary N) is 1. The summed E-state index contributed by atoms with van der Waals surface area (Å²) in [6.45, 7) is 3.84. The summed E-state index contributed by atoms with van der Waals surface area (Å²) in [6.07, 6.45) is 2.64. The minimum atomic E-state index is -3.65. The van der Waals surface area contributed by atoms with Crippen molar-refractivity contribution in [2.24, 2.45) is 0 Å². The van der Waals surface area contributed by atoms with Crippen molar-refractivity contribution in [2.45, 2.75) is 0 Å². The number of halogens is 1. The molecule has 0 atom stereocenters. The molecule has 0 spiro atoms. The van der Waals surface area contributed by atoms with Gasteiger partial charge < -0.3 is 20.7 Å². The van der Waals surface area contributed by atoms with Crippen LogP contribution in [0.15, 0.2) is 48.7 Å². The van der Waals surface area contributed by atoms with Crippen molar-refractivity contribution >= 4 is 27.2 Å². The van der Waals surface area contributed by atoms with E-state index in [0.717, 1.165) is 49.2 Å². The molecule has 1 fully saturated rings. The number of methoxy groups -OCH3 is 1. The normalized spacial score (nSPS) is 14.2. The largest absolute Gasteiger partial charge is 0.492 e. The SMILES string of the molecule is COc1c(F)cc(-c2cc(-c3ccc(N4CCNCC4)cc3)cnc2N)cc1NS(C)(=O)=O. The first-order valence-corrected chi connectivity index (χ1v) is 12.3. The van der Waals surface area contributed by atoms with Gasteiger partial charge in [-0.3, -0.25) is 4.72 Å². The van der Waals surface area contributed by atoms with Crippen molar-refractivity contribution in [3.05, 3.63) is 54.5 Å². The molecule has 0 bridgehead atoms. The Bertz CT molecular complexity index is 1260. The summed E-state index contributed by atoms with van der Waals surface area (Å²) in [5.41, 5.74) is 9.84. The quantitative estimate of drug-likeness (QED) is 0.507. The maximum absolute atomic E-state index is 14.7. The molecule has 4 rings (SSSR count). The molecule has 33 heavy (non-hydrogen) atoms. The van der Waals surface area contributed by atoms with Crippen LogP contribution >= 0.6 is 0 Å². The molecule has 1 aliphatic heterocycles. The van der Waals surface area contributed by atoms with Crippen LogP contribution in [0.5, 0.6) is 5.75 Å². The van der Waals surface area contributed by atoms with Crippen molar-refractivity contribution in [1.82, 2.24) is 10.3 Å². The van der Waals surface area contributed by atoms with Crippen LogP contribution in [0.25, 0.3) is 22.3 Å². The fraction of sp³-hybridized carbons (Fsp3) is 0.261. The van der Waals surface area contributed by atoms with Crippen LogP contribution in [-0.2, 0) is 10.0 Å². The number of hydrogen-bond acceptors (Lipinski definition) is 7. The molecule has 10 heteroatoms. The predicted molar refractivity (Wildman–Crippen MR) is 130 cm³/mol. The number of anilines is 3. The van der Waals surface area contributed by atoms with E-state index < -0.39 is 15.8 Å². The topological polar surface area (TPSA) is 110 Å². The molecule has 2 heterocycles. The van der Waals surface area contributed by atoms with Crippen LogP contribution in [0.3, 0.4) is 0 Å². The lowest BCUT2D eigenvalue weighted by atomic mass is 10.00. The highest BCUT2D eigenvalue weighted by Gasteiger charge is 2.18. The van der Waals surface area contributed by atoms with E-state index in [9.17, 15) is 12.8 Å². The first-order chi connectivity index (χ1) is 15.7. The van der Waals surface area contributed by atoms with Gasteiger partial charge in [0.15, 0.2) is 11.6 Å². The van der Waals surface area contributed by atoms with Gasteiger partial charge >= 0.3 is 0 Å². The van der Waals surface area contributed by atoms with Gasteiger partial charge in [0.05, 0.1) is 19.1 Å². The minimum Gasteiger partial charge on any atom is -0.492 e. The number of nitrogen functional groups attached to an aromatic ring is 1. The van der Waals surface area contributed by atoms with Crippen LogP contribution in [0.4, 0.5) is 21.6 Å². The second-order valence-corrected chi connectivity index (χ2v) is 9.60.